The zero-order valence-corrected chi connectivity index (χ0v) is 11.5. The molecule has 0 bridgehead atoms. The average molecular weight is 277 g/mol. The first kappa shape index (κ1) is 14.5. The van der Waals surface area contributed by atoms with E-state index in [9.17, 15) is 14.9 Å². The Morgan fingerprint density at radius 2 is 2.35 bits per heavy atom. The number of anilines is 1. The maximum atomic E-state index is 11.9. The van der Waals surface area contributed by atoms with Gasteiger partial charge in [-0.05, 0) is 50.9 Å². The SMILES string of the molecule is Cc1cc(NC(=O)CC2CCCNC2)ccc1[N+](=O)[O-]. The Bertz CT molecular complexity index is 510. The van der Waals surface area contributed by atoms with Gasteiger partial charge in [0, 0.05) is 23.7 Å². The number of rotatable bonds is 4. The van der Waals surface area contributed by atoms with Gasteiger partial charge in [-0.25, -0.2) is 0 Å². The highest BCUT2D eigenvalue weighted by Crippen LogP contribution is 2.22. The second-order valence-electron chi connectivity index (χ2n) is 5.22. The molecule has 2 rings (SSSR count). The highest BCUT2D eigenvalue weighted by atomic mass is 16.6. The third-order valence-electron chi connectivity index (χ3n) is 3.55. The summed E-state index contributed by atoms with van der Waals surface area (Å²) in [4.78, 5) is 22.2. The number of aryl methyl sites for hydroxylation is 1. The lowest BCUT2D eigenvalue weighted by molar-refractivity contribution is -0.385. The molecule has 0 aromatic heterocycles. The smallest absolute Gasteiger partial charge is 0.272 e. The lowest BCUT2D eigenvalue weighted by Crippen LogP contribution is -2.32. The number of nitro groups is 1. The van der Waals surface area contributed by atoms with E-state index in [1.807, 2.05) is 0 Å². The van der Waals surface area contributed by atoms with E-state index in [-0.39, 0.29) is 11.6 Å². The van der Waals surface area contributed by atoms with Crippen LogP contribution in [0, 0.1) is 23.0 Å². The van der Waals surface area contributed by atoms with Crippen LogP contribution in [-0.4, -0.2) is 23.9 Å². The van der Waals surface area contributed by atoms with Gasteiger partial charge < -0.3 is 10.6 Å². The van der Waals surface area contributed by atoms with Crippen molar-refractivity contribution >= 4 is 17.3 Å². The van der Waals surface area contributed by atoms with Crippen LogP contribution in [0.25, 0.3) is 0 Å². The first-order chi connectivity index (χ1) is 9.56. The predicted octanol–water partition coefficient (Wildman–Crippen LogP) is 2.23. The molecule has 0 spiro atoms. The molecule has 6 nitrogen and oxygen atoms in total. The van der Waals surface area contributed by atoms with Crippen molar-refractivity contribution in [2.75, 3.05) is 18.4 Å². The van der Waals surface area contributed by atoms with Gasteiger partial charge in [0.2, 0.25) is 5.91 Å². The summed E-state index contributed by atoms with van der Waals surface area (Å²) in [5.74, 6) is 0.342. The van der Waals surface area contributed by atoms with Crippen LogP contribution in [0.5, 0.6) is 0 Å². The Labute approximate surface area is 117 Å². The number of piperidine rings is 1. The molecule has 1 aliphatic heterocycles. The van der Waals surface area contributed by atoms with E-state index in [4.69, 9.17) is 0 Å². The quantitative estimate of drug-likeness (QED) is 0.653. The van der Waals surface area contributed by atoms with Gasteiger partial charge in [0.25, 0.3) is 5.69 Å². The van der Waals surface area contributed by atoms with Gasteiger partial charge in [0.1, 0.15) is 0 Å². The minimum absolute atomic E-state index is 0.0352. The fourth-order valence-electron chi connectivity index (χ4n) is 2.51. The monoisotopic (exact) mass is 277 g/mol. The van der Waals surface area contributed by atoms with Gasteiger partial charge in [-0.15, -0.1) is 0 Å². The van der Waals surface area contributed by atoms with Crippen LogP contribution in [0.1, 0.15) is 24.8 Å². The standard InChI is InChI=1S/C14H19N3O3/c1-10-7-12(4-5-13(10)17(19)20)16-14(18)8-11-3-2-6-15-9-11/h4-5,7,11,15H,2-3,6,8-9H2,1H3,(H,16,18). The Morgan fingerprint density at radius 3 is 2.95 bits per heavy atom. The highest BCUT2D eigenvalue weighted by Gasteiger charge is 2.17. The van der Waals surface area contributed by atoms with Crippen LogP contribution < -0.4 is 10.6 Å². The van der Waals surface area contributed by atoms with Gasteiger partial charge in [-0.3, -0.25) is 14.9 Å². The van der Waals surface area contributed by atoms with Crippen LogP contribution >= 0.6 is 0 Å². The van der Waals surface area contributed by atoms with E-state index in [0.29, 0.717) is 23.6 Å². The van der Waals surface area contributed by atoms with E-state index in [1.54, 1.807) is 19.1 Å². The van der Waals surface area contributed by atoms with Gasteiger partial charge >= 0.3 is 0 Å². The van der Waals surface area contributed by atoms with E-state index >= 15 is 0 Å². The molecule has 0 saturated carbocycles. The normalized spacial score (nSPS) is 18.6. The van der Waals surface area contributed by atoms with Crippen LogP contribution in [-0.2, 0) is 4.79 Å². The summed E-state index contributed by atoms with van der Waals surface area (Å²) in [6, 6.07) is 4.63. The molecule has 1 fully saturated rings. The number of carbonyl (C=O) groups excluding carboxylic acids is 1. The lowest BCUT2D eigenvalue weighted by Gasteiger charge is -2.22. The predicted molar refractivity (Wildman–Crippen MR) is 76.7 cm³/mol. The molecule has 1 aliphatic rings. The first-order valence-electron chi connectivity index (χ1n) is 6.82. The van der Waals surface area contributed by atoms with Crippen LogP contribution in [0.2, 0.25) is 0 Å². The summed E-state index contributed by atoms with van der Waals surface area (Å²) >= 11 is 0. The number of benzene rings is 1. The van der Waals surface area contributed by atoms with Crippen molar-refractivity contribution in [3.63, 3.8) is 0 Å². The van der Waals surface area contributed by atoms with Crippen LogP contribution in [0.4, 0.5) is 11.4 Å². The molecule has 1 aromatic carbocycles. The van der Waals surface area contributed by atoms with Gasteiger partial charge in [0.15, 0.2) is 0 Å². The average Bonchev–Trinajstić information content (AvgIpc) is 2.39. The fraction of sp³-hybridized carbons (Fsp3) is 0.500. The summed E-state index contributed by atoms with van der Waals surface area (Å²) in [5, 5.41) is 16.8. The molecule has 20 heavy (non-hydrogen) atoms. The summed E-state index contributed by atoms with van der Waals surface area (Å²) in [6.45, 7) is 3.57. The van der Waals surface area contributed by atoms with Crippen molar-refractivity contribution < 1.29 is 9.72 Å². The number of nitrogens with zero attached hydrogens (tertiary/aromatic N) is 1. The minimum Gasteiger partial charge on any atom is -0.326 e. The maximum absolute atomic E-state index is 11.9. The molecule has 1 heterocycles. The van der Waals surface area contributed by atoms with E-state index < -0.39 is 4.92 Å². The molecule has 1 unspecified atom stereocenters. The van der Waals surface area contributed by atoms with Crippen molar-refractivity contribution in [3.05, 3.63) is 33.9 Å². The Morgan fingerprint density at radius 1 is 1.55 bits per heavy atom. The topological polar surface area (TPSA) is 84.3 Å². The largest absolute Gasteiger partial charge is 0.326 e. The maximum Gasteiger partial charge on any atom is 0.272 e. The molecule has 6 heteroatoms. The third kappa shape index (κ3) is 3.77. The highest BCUT2D eigenvalue weighted by molar-refractivity contribution is 5.91. The molecular formula is C14H19N3O3. The number of carbonyl (C=O) groups is 1. The molecule has 1 atom stereocenters. The van der Waals surface area contributed by atoms with Crippen molar-refractivity contribution in [1.82, 2.24) is 5.32 Å². The molecule has 0 radical (unpaired) electrons. The number of amides is 1. The molecule has 1 aromatic rings. The fourth-order valence-corrected chi connectivity index (χ4v) is 2.51. The molecule has 1 saturated heterocycles. The molecule has 108 valence electrons. The van der Waals surface area contributed by atoms with E-state index in [0.717, 1.165) is 25.9 Å². The van der Waals surface area contributed by atoms with E-state index in [2.05, 4.69) is 10.6 Å². The second-order valence-corrected chi connectivity index (χ2v) is 5.22. The Kier molecular flexibility index (Phi) is 4.68. The lowest BCUT2D eigenvalue weighted by atomic mass is 9.96. The minimum atomic E-state index is -0.422. The first-order valence-corrected chi connectivity index (χ1v) is 6.82. The molecule has 2 N–H and O–H groups in total. The summed E-state index contributed by atoms with van der Waals surface area (Å²) in [6.07, 6.45) is 2.66. The van der Waals surface area contributed by atoms with Crippen molar-refractivity contribution in [3.8, 4) is 0 Å². The van der Waals surface area contributed by atoms with Crippen molar-refractivity contribution in [2.24, 2.45) is 5.92 Å². The second kappa shape index (κ2) is 6.47. The van der Waals surface area contributed by atoms with Crippen molar-refractivity contribution in [1.29, 1.82) is 0 Å². The molecular weight excluding hydrogens is 258 g/mol. The molecule has 1 amide bonds. The molecule has 0 aliphatic carbocycles. The number of hydrogen-bond acceptors (Lipinski definition) is 4. The zero-order chi connectivity index (χ0) is 14.5. The Hall–Kier alpha value is -1.95. The van der Waals surface area contributed by atoms with Crippen LogP contribution in [0.3, 0.4) is 0 Å². The van der Waals surface area contributed by atoms with Gasteiger partial charge in [-0.1, -0.05) is 0 Å². The number of hydrogen-bond donors (Lipinski definition) is 2. The summed E-state index contributed by atoms with van der Waals surface area (Å²) in [7, 11) is 0. The zero-order valence-electron chi connectivity index (χ0n) is 11.5. The van der Waals surface area contributed by atoms with Crippen molar-refractivity contribution in [2.45, 2.75) is 26.2 Å². The van der Waals surface area contributed by atoms with Gasteiger partial charge in [-0.2, -0.15) is 0 Å². The summed E-state index contributed by atoms with van der Waals surface area (Å²) < 4.78 is 0. The number of nitro benzene ring substituents is 1. The number of nitrogens with one attached hydrogen (secondary N) is 2. The van der Waals surface area contributed by atoms with Gasteiger partial charge in [0.05, 0.1) is 4.92 Å². The third-order valence-corrected chi connectivity index (χ3v) is 3.55. The van der Waals surface area contributed by atoms with Crippen LogP contribution in [0.15, 0.2) is 18.2 Å². The Balaban J connectivity index is 1.93. The summed E-state index contributed by atoms with van der Waals surface area (Å²) in [5.41, 5.74) is 1.23. The van der Waals surface area contributed by atoms with E-state index in [1.165, 1.54) is 6.07 Å².